The van der Waals surface area contributed by atoms with Crippen molar-refractivity contribution < 1.29 is 47.3 Å². The smallest absolute Gasteiger partial charge is 0.746 e. The van der Waals surface area contributed by atoms with E-state index in [-0.39, 0.29) is 29.6 Å². The summed E-state index contributed by atoms with van der Waals surface area (Å²) in [6, 6.07) is 0. The van der Waals surface area contributed by atoms with Crippen LogP contribution in [0.1, 0.15) is 13.8 Å². The minimum absolute atomic E-state index is 0. The minimum Gasteiger partial charge on any atom is -0.746 e. The summed E-state index contributed by atoms with van der Waals surface area (Å²) in [5.41, 5.74) is 0. The summed E-state index contributed by atoms with van der Waals surface area (Å²) >= 11 is 0. The van der Waals surface area contributed by atoms with Crippen molar-refractivity contribution in [1.82, 2.24) is 5.32 Å². The van der Waals surface area contributed by atoms with Gasteiger partial charge in [0.15, 0.2) is 0 Å². The van der Waals surface area contributed by atoms with E-state index in [1.165, 1.54) is 0 Å². The van der Waals surface area contributed by atoms with Gasteiger partial charge in [-0.1, -0.05) is 0 Å². The van der Waals surface area contributed by atoms with E-state index in [1.807, 2.05) is 5.32 Å². The first-order valence-corrected chi connectivity index (χ1v) is 4.03. The molecule has 60 valence electrons. The van der Waals surface area contributed by atoms with Crippen LogP contribution in [0.15, 0.2) is 0 Å². The van der Waals surface area contributed by atoms with Crippen LogP contribution in [0.3, 0.4) is 0 Å². The average Bonchev–Trinajstić information content (AvgIpc) is 1.60. The summed E-state index contributed by atoms with van der Waals surface area (Å²) in [5, 5.41) is 0.601. The Morgan fingerprint density at radius 3 is 2.00 bits per heavy atom. The number of hydrogen-bond acceptors (Lipinski definition) is 4. The third-order valence-corrected chi connectivity index (χ3v) is 1.82. The molecule has 0 aromatic rings. The Labute approximate surface area is 87.6 Å². The minimum atomic E-state index is -4.38. The molecule has 11 heavy (non-hydrogen) atoms. The number of amides is 1. The van der Waals surface area contributed by atoms with Gasteiger partial charge in [0.1, 0.15) is 15.5 Å². The van der Waals surface area contributed by atoms with E-state index in [9.17, 15) is 17.8 Å². The Kier molecular flexibility index (Phi) is 6.46. The van der Waals surface area contributed by atoms with Gasteiger partial charge in [-0.2, -0.15) is 0 Å². The van der Waals surface area contributed by atoms with E-state index in [1.54, 1.807) is 0 Å². The van der Waals surface area contributed by atoms with Gasteiger partial charge in [0.25, 0.3) is 0 Å². The van der Waals surface area contributed by atoms with Crippen molar-refractivity contribution in [3.8, 4) is 0 Å². The molecule has 0 bridgehead atoms. The molecule has 5 nitrogen and oxygen atoms in total. The molecule has 0 aliphatic carbocycles. The number of carbonyl (C=O) groups excluding carboxylic acids is 1. The predicted molar refractivity (Wildman–Crippen MR) is 33.0 cm³/mol. The predicted octanol–water partition coefficient (Wildman–Crippen LogP) is -3.98. The molecule has 0 radical (unpaired) electrons. The SMILES string of the molecule is CC(=O)NC(C)S(=O)(=O)[O-].[Na+]. The van der Waals surface area contributed by atoms with Gasteiger partial charge in [-0.15, -0.1) is 0 Å². The molecule has 0 aliphatic heterocycles. The second-order valence-corrected chi connectivity index (χ2v) is 3.53. The van der Waals surface area contributed by atoms with Crippen LogP contribution in [0.5, 0.6) is 0 Å². The first-order chi connectivity index (χ1) is 4.34. The molecule has 0 saturated carbocycles. The third-order valence-electron chi connectivity index (χ3n) is 0.840. The summed E-state index contributed by atoms with van der Waals surface area (Å²) in [6.45, 7) is 2.26. The molecular formula is C4H8NNaO4S. The Balaban J connectivity index is 0. The molecule has 0 saturated heterocycles. The fourth-order valence-electron chi connectivity index (χ4n) is 0.358. The Morgan fingerprint density at radius 2 is 1.91 bits per heavy atom. The molecule has 0 aromatic carbocycles. The Hall–Kier alpha value is 0.380. The van der Waals surface area contributed by atoms with Gasteiger partial charge in [0, 0.05) is 6.92 Å². The average molecular weight is 189 g/mol. The van der Waals surface area contributed by atoms with Gasteiger partial charge >= 0.3 is 29.6 Å². The van der Waals surface area contributed by atoms with Crippen molar-refractivity contribution in [3.05, 3.63) is 0 Å². The fourth-order valence-corrected chi connectivity index (χ4v) is 0.669. The molecule has 0 aromatic heterocycles. The number of hydrogen-bond donors (Lipinski definition) is 1. The second-order valence-electron chi connectivity index (χ2n) is 1.84. The van der Waals surface area contributed by atoms with Gasteiger partial charge in [-0.25, -0.2) is 8.42 Å². The molecule has 7 heteroatoms. The van der Waals surface area contributed by atoms with Crippen molar-refractivity contribution in [3.63, 3.8) is 0 Å². The number of nitrogens with one attached hydrogen (secondary N) is 1. The number of rotatable bonds is 2. The van der Waals surface area contributed by atoms with Gasteiger partial charge in [-0.05, 0) is 6.92 Å². The molecule has 0 heterocycles. The Bertz CT molecular complexity index is 224. The molecule has 1 atom stereocenters. The van der Waals surface area contributed by atoms with Crippen LogP contribution in [0.25, 0.3) is 0 Å². The van der Waals surface area contributed by atoms with E-state index < -0.39 is 21.4 Å². The van der Waals surface area contributed by atoms with Crippen LogP contribution in [-0.2, 0) is 14.9 Å². The zero-order valence-electron chi connectivity index (χ0n) is 6.62. The van der Waals surface area contributed by atoms with Crippen molar-refractivity contribution in [2.45, 2.75) is 19.2 Å². The standard InChI is InChI=1S/C4H9NO4S.Na/c1-3(6)5-4(2)10(7,8)9;/h4H,1-2H3,(H,5,6)(H,7,8,9);/q;+1/p-1. The molecule has 0 aliphatic rings. The van der Waals surface area contributed by atoms with Gasteiger partial charge in [-0.3, -0.25) is 4.79 Å². The Morgan fingerprint density at radius 1 is 1.55 bits per heavy atom. The van der Waals surface area contributed by atoms with Crippen LogP contribution in [0, 0.1) is 0 Å². The number of carbonyl (C=O) groups is 1. The van der Waals surface area contributed by atoms with E-state index in [0.717, 1.165) is 13.8 Å². The molecular weight excluding hydrogens is 181 g/mol. The topological polar surface area (TPSA) is 86.3 Å². The van der Waals surface area contributed by atoms with E-state index in [4.69, 9.17) is 0 Å². The van der Waals surface area contributed by atoms with Crippen LogP contribution in [0.2, 0.25) is 0 Å². The molecule has 1 unspecified atom stereocenters. The third kappa shape index (κ3) is 6.77. The maximum atomic E-state index is 10.2. The summed E-state index contributed by atoms with van der Waals surface area (Å²) in [6.07, 6.45) is 0. The second kappa shape index (κ2) is 5.10. The van der Waals surface area contributed by atoms with Gasteiger partial charge in [0.05, 0.1) is 0 Å². The molecule has 1 amide bonds. The van der Waals surface area contributed by atoms with Crippen LogP contribution in [-0.4, -0.2) is 24.3 Å². The summed E-state index contributed by atoms with van der Waals surface area (Å²) < 4.78 is 30.3. The molecule has 1 N–H and O–H groups in total. The maximum Gasteiger partial charge on any atom is 1.00 e. The van der Waals surface area contributed by atoms with E-state index in [2.05, 4.69) is 0 Å². The van der Waals surface area contributed by atoms with Crippen LogP contribution < -0.4 is 34.9 Å². The summed E-state index contributed by atoms with van der Waals surface area (Å²) in [4.78, 5) is 10.2. The summed E-state index contributed by atoms with van der Waals surface area (Å²) in [5.74, 6) is -0.535. The van der Waals surface area contributed by atoms with Crippen LogP contribution in [0.4, 0.5) is 0 Å². The first-order valence-electron chi connectivity index (χ1n) is 2.56. The molecule has 0 spiro atoms. The molecule has 0 fully saturated rings. The zero-order valence-corrected chi connectivity index (χ0v) is 9.44. The van der Waals surface area contributed by atoms with Crippen molar-refractivity contribution >= 4 is 16.0 Å². The van der Waals surface area contributed by atoms with Crippen LogP contribution >= 0.6 is 0 Å². The molecule has 0 rings (SSSR count). The van der Waals surface area contributed by atoms with Crippen molar-refractivity contribution in [2.24, 2.45) is 0 Å². The van der Waals surface area contributed by atoms with E-state index >= 15 is 0 Å². The maximum absolute atomic E-state index is 10.2. The van der Waals surface area contributed by atoms with E-state index in [0.29, 0.717) is 0 Å². The zero-order chi connectivity index (χ0) is 8.36. The van der Waals surface area contributed by atoms with Crippen molar-refractivity contribution in [1.29, 1.82) is 0 Å². The largest absolute Gasteiger partial charge is 1.00 e. The van der Waals surface area contributed by atoms with Gasteiger partial charge < -0.3 is 9.87 Å². The normalized spacial score (nSPS) is 13.0. The summed E-state index contributed by atoms with van der Waals surface area (Å²) in [7, 11) is -4.38. The quantitative estimate of drug-likeness (QED) is 0.354. The fraction of sp³-hybridized carbons (Fsp3) is 0.750. The van der Waals surface area contributed by atoms with Crippen molar-refractivity contribution in [2.75, 3.05) is 0 Å². The first kappa shape index (κ1) is 13.9. The van der Waals surface area contributed by atoms with Gasteiger partial charge in [0.2, 0.25) is 5.91 Å². The monoisotopic (exact) mass is 189 g/mol.